The van der Waals surface area contributed by atoms with Crippen LogP contribution in [0.4, 0.5) is 0 Å². The molecule has 0 bridgehead atoms. The lowest BCUT2D eigenvalue weighted by Gasteiger charge is -2.36. The zero-order valence-electron chi connectivity index (χ0n) is 28.7. The van der Waals surface area contributed by atoms with Crippen LogP contribution in [0.15, 0.2) is 152 Å². The summed E-state index contributed by atoms with van der Waals surface area (Å²) in [6.07, 6.45) is -5.20. The van der Waals surface area contributed by atoms with Crippen molar-refractivity contribution in [1.82, 2.24) is 0 Å². The molecule has 51 heavy (non-hydrogen) atoms. The number of carbonyl (C=O) groups is 1. The third-order valence-electron chi connectivity index (χ3n) is 8.65. The molecule has 0 unspecified atom stereocenters. The summed E-state index contributed by atoms with van der Waals surface area (Å²) in [6.45, 7) is 1.24. The Hall–Kier alpha value is -4.67. The van der Waals surface area contributed by atoms with Gasteiger partial charge >= 0.3 is 5.97 Å². The Balaban J connectivity index is 1.38. The average molecular weight is 689 g/mol. The SMILES string of the molecule is CO[C@@H]1O[C@H](COCc2ccccc2)[C@@H](OCc2ccccc2)[C@H](OCc2ccccc2)[C@@H](OCc2ccccc2)[C@H]1OC(=O)c1ccccc1. The van der Waals surface area contributed by atoms with Crippen LogP contribution in [0.3, 0.4) is 0 Å². The van der Waals surface area contributed by atoms with Crippen LogP contribution in [0.1, 0.15) is 32.6 Å². The first-order chi connectivity index (χ1) is 25.2. The van der Waals surface area contributed by atoms with Crippen LogP contribution >= 0.6 is 0 Å². The molecule has 1 aliphatic rings. The highest BCUT2D eigenvalue weighted by molar-refractivity contribution is 5.89. The number of benzene rings is 5. The number of methoxy groups -OCH3 is 1. The molecule has 8 heteroatoms. The Labute approximate surface area is 299 Å². The Kier molecular flexibility index (Phi) is 13.5. The van der Waals surface area contributed by atoms with Crippen molar-refractivity contribution in [3.63, 3.8) is 0 Å². The van der Waals surface area contributed by atoms with Crippen molar-refractivity contribution in [3.05, 3.63) is 179 Å². The first kappa shape index (κ1) is 36.1. The van der Waals surface area contributed by atoms with Crippen LogP contribution in [0.25, 0.3) is 0 Å². The van der Waals surface area contributed by atoms with Gasteiger partial charge in [0, 0.05) is 7.11 Å². The van der Waals surface area contributed by atoms with Crippen molar-refractivity contribution < 1.29 is 38.0 Å². The summed E-state index contributed by atoms with van der Waals surface area (Å²) in [5.74, 6) is -0.540. The third-order valence-corrected chi connectivity index (χ3v) is 8.65. The van der Waals surface area contributed by atoms with Crippen LogP contribution < -0.4 is 0 Å². The lowest BCUT2D eigenvalue weighted by atomic mass is 9.99. The van der Waals surface area contributed by atoms with Crippen molar-refractivity contribution in [2.24, 2.45) is 0 Å². The van der Waals surface area contributed by atoms with Crippen LogP contribution in [0, 0.1) is 0 Å². The maximum atomic E-state index is 13.7. The number of esters is 1. The molecule has 6 atom stereocenters. The van der Waals surface area contributed by atoms with Crippen LogP contribution in [0.5, 0.6) is 0 Å². The van der Waals surface area contributed by atoms with E-state index in [-0.39, 0.29) is 26.4 Å². The Morgan fingerprint density at radius 1 is 0.510 bits per heavy atom. The molecule has 8 nitrogen and oxygen atoms in total. The lowest BCUT2D eigenvalue weighted by Crippen LogP contribution is -2.52. The molecule has 0 radical (unpaired) electrons. The highest BCUT2D eigenvalue weighted by Gasteiger charge is 2.51. The van der Waals surface area contributed by atoms with Gasteiger partial charge in [-0.05, 0) is 34.4 Å². The maximum absolute atomic E-state index is 13.7. The molecule has 0 aliphatic carbocycles. The summed E-state index contributed by atoms with van der Waals surface area (Å²) in [7, 11) is 1.52. The fourth-order valence-corrected chi connectivity index (χ4v) is 6.03. The Bertz CT molecular complexity index is 1710. The van der Waals surface area contributed by atoms with Gasteiger partial charge in [0.15, 0.2) is 12.4 Å². The zero-order chi connectivity index (χ0) is 35.1. The van der Waals surface area contributed by atoms with Crippen molar-refractivity contribution in [2.45, 2.75) is 63.2 Å². The molecule has 5 aromatic carbocycles. The number of ether oxygens (including phenoxy) is 7. The summed E-state index contributed by atoms with van der Waals surface area (Å²) in [5, 5.41) is 0. The Morgan fingerprint density at radius 2 is 0.902 bits per heavy atom. The molecule has 0 saturated carbocycles. The molecule has 1 fully saturated rings. The molecule has 1 heterocycles. The number of hydrogen-bond acceptors (Lipinski definition) is 8. The van der Waals surface area contributed by atoms with Crippen molar-refractivity contribution in [2.75, 3.05) is 13.7 Å². The van der Waals surface area contributed by atoms with Crippen LogP contribution in [-0.4, -0.2) is 56.5 Å². The molecule has 1 aliphatic heterocycles. The van der Waals surface area contributed by atoms with Gasteiger partial charge in [0.25, 0.3) is 0 Å². The second-order valence-electron chi connectivity index (χ2n) is 12.3. The van der Waals surface area contributed by atoms with E-state index < -0.39 is 42.8 Å². The van der Waals surface area contributed by atoms with E-state index >= 15 is 0 Å². The van der Waals surface area contributed by atoms with E-state index in [0.717, 1.165) is 22.3 Å². The Morgan fingerprint density at radius 3 is 1.35 bits per heavy atom. The summed E-state index contributed by atoms with van der Waals surface area (Å²) < 4.78 is 45.6. The van der Waals surface area contributed by atoms with Gasteiger partial charge < -0.3 is 33.2 Å². The van der Waals surface area contributed by atoms with Crippen molar-refractivity contribution in [1.29, 1.82) is 0 Å². The van der Waals surface area contributed by atoms with E-state index in [2.05, 4.69) is 0 Å². The molecule has 5 aromatic rings. The number of rotatable bonds is 16. The first-order valence-electron chi connectivity index (χ1n) is 17.2. The van der Waals surface area contributed by atoms with Gasteiger partial charge in [-0.25, -0.2) is 4.79 Å². The topological polar surface area (TPSA) is 81.7 Å². The van der Waals surface area contributed by atoms with E-state index in [1.54, 1.807) is 24.3 Å². The van der Waals surface area contributed by atoms with E-state index in [0.29, 0.717) is 12.2 Å². The van der Waals surface area contributed by atoms with Gasteiger partial charge in [0.05, 0.1) is 38.6 Å². The average Bonchev–Trinajstić information content (AvgIpc) is 3.30. The van der Waals surface area contributed by atoms with Gasteiger partial charge in [0.2, 0.25) is 0 Å². The van der Waals surface area contributed by atoms with Gasteiger partial charge in [0.1, 0.15) is 24.4 Å². The molecular weight excluding hydrogens is 644 g/mol. The smallest absolute Gasteiger partial charge is 0.338 e. The van der Waals surface area contributed by atoms with Crippen LogP contribution in [0.2, 0.25) is 0 Å². The highest BCUT2D eigenvalue weighted by Crippen LogP contribution is 2.32. The fourth-order valence-electron chi connectivity index (χ4n) is 6.03. The normalized spacial score (nSPS) is 21.8. The summed E-state index contributed by atoms with van der Waals surface area (Å²) in [5.41, 5.74) is 4.29. The van der Waals surface area contributed by atoms with Gasteiger partial charge in [-0.2, -0.15) is 0 Å². The third kappa shape index (κ3) is 10.4. The summed E-state index contributed by atoms with van der Waals surface area (Å²) >= 11 is 0. The molecule has 0 aromatic heterocycles. The molecule has 0 spiro atoms. The minimum Gasteiger partial charge on any atom is -0.450 e. The summed E-state index contributed by atoms with van der Waals surface area (Å²) in [4.78, 5) is 13.7. The number of hydrogen-bond donors (Lipinski definition) is 0. The predicted molar refractivity (Wildman–Crippen MR) is 192 cm³/mol. The molecule has 0 N–H and O–H groups in total. The predicted octanol–water partition coefficient (Wildman–Crippen LogP) is 7.56. The summed E-state index contributed by atoms with van der Waals surface area (Å²) in [6, 6.07) is 48.4. The zero-order valence-corrected chi connectivity index (χ0v) is 28.7. The van der Waals surface area contributed by atoms with Gasteiger partial charge in [-0.15, -0.1) is 0 Å². The minimum atomic E-state index is -1.05. The van der Waals surface area contributed by atoms with Crippen molar-refractivity contribution in [3.8, 4) is 0 Å². The van der Waals surface area contributed by atoms with E-state index in [9.17, 15) is 4.79 Å². The monoisotopic (exact) mass is 688 g/mol. The number of carbonyl (C=O) groups excluding carboxylic acids is 1. The van der Waals surface area contributed by atoms with E-state index in [1.165, 1.54) is 7.11 Å². The van der Waals surface area contributed by atoms with E-state index in [4.69, 9.17) is 33.2 Å². The van der Waals surface area contributed by atoms with Gasteiger partial charge in [-0.3, -0.25) is 0 Å². The molecular formula is C43H44O8. The second-order valence-corrected chi connectivity index (χ2v) is 12.3. The fraction of sp³-hybridized carbons (Fsp3) is 0.279. The molecule has 0 amide bonds. The maximum Gasteiger partial charge on any atom is 0.338 e. The quantitative estimate of drug-likeness (QED) is 0.0984. The second kappa shape index (κ2) is 19.1. The van der Waals surface area contributed by atoms with E-state index in [1.807, 2.05) is 127 Å². The lowest BCUT2D eigenvalue weighted by molar-refractivity contribution is -0.231. The minimum absolute atomic E-state index is 0.143. The molecule has 6 rings (SSSR count). The highest BCUT2D eigenvalue weighted by atomic mass is 16.7. The largest absolute Gasteiger partial charge is 0.450 e. The van der Waals surface area contributed by atoms with Crippen LogP contribution in [-0.2, 0) is 59.6 Å². The van der Waals surface area contributed by atoms with Gasteiger partial charge in [-0.1, -0.05) is 140 Å². The molecule has 1 saturated heterocycles. The molecule has 264 valence electrons. The van der Waals surface area contributed by atoms with Crippen molar-refractivity contribution >= 4 is 5.97 Å². The first-order valence-corrected chi connectivity index (χ1v) is 17.2. The standard InChI is InChI=1S/C43H44O8/c1-45-43-41(51-42(44)36-25-15-6-16-26-36)40(49-30-35-23-13-5-14-24-35)39(48-29-34-21-11-4-12-22-34)38(47-28-33-19-9-3-10-20-33)37(50-43)31-46-27-32-17-7-2-8-18-32/h2-26,37-41,43H,27-31H2,1H3/t37-,38-,39+,40-,41-,43-/m1/s1.